The lowest BCUT2D eigenvalue weighted by molar-refractivity contribution is 0.0931. The number of aromatic nitrogens is 2. The standard InChI is InChI=1S/C17H16FN3O2/c18-12-8-13(16-15(9-12)19-10-20-16)17(23)21-14(6-7-22)11-4-2-1-3-5-11/h1-5,8-10,14,22H,6-7H2,(H,19,20)(H,21,23). The van der Waals surface area contributed by atoms with Crippen LogP contribution in [0.25, 0.3) is 11.0 Å². The zero-order valence-electron chi connectivity index (χ0n) is 12.3. The van der Waals surface area contributed by atoms with Gasteiger partial charge in [0.1, 0.15) is 11.3 Å². The number of rotatable bonds is 5. The van der Waals surface area contributed by atoms with Crippen molar-refractivity contribution < 1.29 is 14.3 Å². The number of imidazole rings is 1. The number of fused-ring (bicyclic) bond motifs is 1. The van der Waals surface area contributed by atoms with Crippen molar-refractivity contribution in [2.24, 2.45) is 0 Å². The minimum atomic E-state index is -0.509. The molecule has 3 N–H and O–H groups in total. The van der Waals surface area contributed by atoms with Gasteiger partial charge in [-0.25, -0.2) is 9.37 Å². The molecule has 2 aromatic carbocycles. The highest BCUT2D eigenvalue weighted by Gasteiger charge is 2.19. The first-order valence-electron chi connectivity index (χ1n) is 7.28. The number of aliphatic hydroxyl groups excluding tert-OH is 1. The van der Waals surface area contributed by atoms with E-state index in [9.17, 15) is 14.3 Å². The van der Waals surface area contributed by atoms with E-state index in [-0.39, 0.29) is 18.2 Å². The molecule has 1 amide bonds. The normalized spacial score (nSPS) is 12.3. The molecule has 118 valence electrons. The SMILES string of the molecule is O=C(NC(CCO)c1ccccc1)c1cc(F)cc2[nH]cnc12. The summed E-state index contributed by atoms with van der Waals surface area (Å²) in [6.45, 7) is -0.0686. The first kappa shape index (κ1) is 15.2. The average Bonchev–Trinajstić information content (AvgIpc) is 3.02. The number of nitrogens with zero attached hydrogens (tertiary/aromatic N) is 1. The van der Waals surface area contributed by atoms with E-state index in [4.69, 9.17) is 0 Å². The lowest BCUT2D eigenvalue weighted by Crippen LogP contribution is -2.29. The first-order valence-corrected chi connectivity index (χ1v) is 7.28. The Morgan fingerprint density at radius 1 is 1.30 bits per heavy atom. The Kier molecular flexibility index (Phi) is 4.34. The quantitative estimate of drug-likeness (QED) is 0.677. The van der Waals surface area contributed by atoms with Gasteiger partial charge in [0.2, 0.25) is 0 Å². The van der Waals surface area contributed by atoms with Crippen LogP contribution >= 0.6 is 0 Å². The molecule has 0 aliphatic heterocycles. The lowest BCUT2D eigenvalue weighted by Gasteiger charge is -2.18. The Morgan fingerprint density at radius 2 is 2.09 bits per heavy atom. The van der Waals surface area contributed by atoms with Crippen molar-refractivity contribution in [2.75, 3.05) is 6.61 Å². The van der Waals surface area contributed by atoms with Crippen LogP contribution in [0.15, 0.2) is 48.8 Å². The summed E-state index contributed by atoms with van der Waals surface area (Å²) in [4.78, 5) is 19.4. The highest BCUT2D eigenvalue weighted by atomic mass is 19.1. The fraction of sp³-hybridized carbons (Fsp3) is 0.176. The Labute approximate surface area is 132 Å². The molecule has 1 heterocycles. The maximum absolute atomic E-state index is 13.7. The van der Waals surface area contributed by atoms with E-state index in [1.54, 1.807) is 0 Å². The molecule has 0 fully saturated rings. The fourth-order valence-corrected chi connectivity index (χ4v) is 2.56. The van der Waals surface area contributed by atoms with E-state index in [1.807, 2.05) is 30.3 Å². The Hall–Kier alpha value is -2.73. The van der Waals surface area contributed by atoms with Gasteiger partial charge in [-0.15, -0.1) is 0 Å². The molecular formula is C17H16FN3O2. The van der Waals surface area contributed by atoms with Crippen LogP contribution in [0.5, 0.6) is 0 Å². The molecule has 6 heteroatoms. The second-order valence-electron chi connectivity index (χ2n) is 5.20. The van der Waals surface area contributed by atoms with Gasteiger partial charge >= 0.3 is 0 Å². The molecule has 5 nitrogen and oxygen atoms in total. The van der Waals surface area contributed by atoms with Gasteiger partial charge in [-0.1, -0.05) is 30.3 Å². The number of nitrogens with one attached hydrogen (secondary N) is 2. The van der Waals surface area contributed by atoms with E-state index in [1.165, 1.54) is 18.5 Å². The van der Waals surface area contributed by atoms with E-state index in [0.29, 0.717) is 17.5 Å². The van der Waals surface area contributed by atoms with Gasteiger partial charge in [0.15, 0.2) is 0 Å². The van der Waals surface area contributed by atoms with Gasteiger partial charge in [-0.05, 0) is 24.1 Å². The van der Waals surface area contributed by atoms with Gasteiger partial charge in [0, 0.05) is 6.61 Å². The number of H-pyrrole nitrogens is 1. The van der Waals surface area contributed by atoms with Gasteiger partial charge < -0.3 is 15.4 Å². The van der Waals surface area contributed by atoms with E-state index in [0.717, 1.165) is 5.56 Å². The lowest BCUT2D eigenvalue weighted by atomic mass is 10.0. The van der Waals surface area contributed by atoms with Gasteiger partial charge in [0.05, 0.1) is 23.4 Å². The van der Waals surface area contributed by atoms with Crippen molar-refractivity contribution in [3.8, 4) is 0 Å². The van der Waals surface area contributed by atoms with Crippen LogP contribution < -0.4 is 5.32 Å². The number of hydrogen-bond donors (Lipinski definition) is 3. The first-order chi connectivity index (χ1) is 11.2. The summed E-state index contributed by atoms with van der Waals surface area (Å²) < 4.78 is 13.7. The Bertz CT molecular complexity index is 817. The second-order valence-corrected chi connectivity index (χ2v) is 5.20. The van der Waals surface area contributed by atoms with Crippen molar-refractivity contribution in [3.63, 3.8) is 0 Å². The number of halogens is 1. The molecule has 0 bridgehead atoms. The third-order valence-electron chi connectivity index (χ3n) is 3.66. The predicted octanol–water partition coefficient (Wildman–Crippen LogP) is 2.56. The molecule has 0 spiro atoms. The number of carbonyl (C=O) groups excluding carboxylic acids is 1. The number of amides is 1. The van der Waals surface area contributed by atoms with Gasteiger partial charge in [-0.2, -0.15) is 0 Å². The van der Waals surface area contributed by atoms with E-state index in [2.05, 4.69) is 15.3 Å². The molecule has 1 aromatic heterocycles. The minimum Gasteiger partial charge on any atom is -0.396 e. The second kappa shape index (κ2) is 6.58. The third-order valence-corrected chi connectivity index (χ3v) is 3.66. The van der Waals surface area contributed by atoms with Crippen molar-refractivity contribution in [1.29, 1.82) is 0 Å². The van der Waals surface area contributed by atoms with Crippen molar-refractivity contribution >= 4 is 16.9 Å². The van der Waals surface area contributed by atoms with Crippen LogP contribution in [0.1, 0.15) is 28.4 Å². The van der Waals surface area contributed by atoms with Crippen LogP contribution in [0.3, 0.4) is 0 Å². The smallest absolute Gasteiger partial charge is 0.254 e. The van der Waals surface area contributed by atoms with Crippen molar-refractivity contribution in [3.05, 3.63) is 65.7 Å². The number of hydrogen-bond acceptors (Lipinski definition) is 3. The van der Waals surface area contributed by atoms with Gasteiger partial charge in [0.25, 0.3) is 5.91 Å². The number of benzene rings is 2. The molecule has 3 rings (SSSR count). The maximum Gasteiger partial charge on any atom is 0.254 e. The summed E-state index contributed by atoms with van der Waals surface area (Å²) in [7, 11) is 0. The fourth-order valence-electron chi connectivity index (χ4n) is 2.56. The summed E-state index contributed by atoms with van der Waals surface area (Å²) in [5.74, 6) is -0.936. The van der Waals surface area contributed by atoms with Crippen LogP contribution in [-0.4, -0.2) is 27.6 Å². The molecule has 0 saturated heterocycles. The molecule has 1 unspecified atom stereocenters. The zero-order valence-corrected chi connectivity index (χ0v) is 12.3. The number of carbonyl (C=O) groups is 1. The average molecular weight is 313 g/mol. The zero-order chi connectivity index (χ0) is 16.2. The number of aromatic amines is 1. The summed E-state index contributed by atoms with van der Waals surface area (Å²) in [6.07, 6.45) is 1.79. The third kappa shape index (κ3) is 3.22. The van der Waals surface area contributed by atoms with Crippen molar-refractivity contribution in [1.82, 2.24) is 15.3 Å². The molecule has 3 aromatic rings. The van der Waals surface area contributed by atoms with Crippen LogP contribution in [0, 0.1) is 5.82 Å². The Morgan fingerprint density at radius 3 is 2.83 bits per heavy atom. The monoisotopic (exact) mass is 313 g/mol. The van der Waals surface area contributed by atoms with Crippen LogP contribution in [0.2, 0.25) is 0 Å². The van der Waals surface area contributed by atoms with Gasteiger partial charge in [-0.3, -0.25) is 4.79 Å². The summed E-state index contributed by atoms with van der Waals surface area (Å²) in [6, 6.07) is 11.4. The number of aliphatic hydroxyl groups is 1. The molecule has 1 atom stereocenters. The molecule has 0 radical (unpaired) electrons. The highest BCUT2D eigenvalue weighted by Crippen LogP contribution is 2.20. The summed E-state index contributed by atoms with van der Waals surface area (Å²) >= 11 is 0. The largest absolute Gasteiger partial charge is 0.396 e. The van der Waals surface area contributed by atoms with E-state index < -0.39 is 11.7 Å². The maximum atomic E-state index is 13.7. The Balaban J connectivity index is 1.90. The molecule has 0 saturated carbocycles. The summed E-state index contributed by atoms with van der Waals surface area (Å²) in [5, 5.41) is 12.1. The van der Waals surface area contributed by atoms with Crippen LogP contribution in [-0.2, 0) is 0 Å². The molecule has 0 aliphatic carbocycles. The highest BCUT2D eigenvalue weighted by molar-refractivity contribution is 6.04. The molecule has 23 heavy (non-hydrogen) atoms. The van der Waals surface area contributed by atoms with Crippen molar-refractivity contribution in [2.45, 2.75) is 12.5 Å². The summed E-state index contributed by atoms with van der Waals surface area (Å²) in [5.41, 5.74) is 1.93. The van der Waals surface area contributed by atoms with Crippen LogP contribution in [0.4, 0.5) is 4.39 Å². The van der Waals surface area contributed by atoms with E-state index >= 15 is 0 Å². The molecule has 0 aliphatic rings. The predicted molar refractivity (Wildman–Crippen MR) is 84.4 cm³/mol. The topological polar surface area (TPSA) is 78.0 Å². The minimum absolute atomic E-state index is 0.0686. The molecular weight excluding hydrogens is 297 g/mol.